The number of hydrogen-bond donors (Lipinski definition) is 2. The Labute approximate surface area is 112 Å². The summed E-state index contributed by atoms with van der Waals surface area (Å²) in [4.78, 5) is 0. The van der Waals surface area contributed by atoms with Gasteiger partial charge in [-0.15, -0.1) is 0 Å². The van der Waals surface area contributed by atoms with Crippen LogP contribution in [0.2, 0.25) is 0 Å². The number of anilines is 1. The van der Waals surface area contributed by atoms with E-state index in [0.717, 1.165) is 16.5 Å². The van der Waals surface area contributed by atoms with E-state index in [1.54, 1.807) is 11.7 Å². The van der Waals surface area contributed by atoms with Gasteiger partial charge in [-0.2, -0.15) is 13.5 Å². The van der Waals surface area contributed by atoms with Crippen molar-refractivity contribution >= 4 is 26.9 Å². The Morgan fingerprint density at radius 2 is 1.95 bits per heavy atom. The van der Waals surface area contributed by atoms with Gasteiger partial charge in [-0.3, -0.25) is 9.40 Å². The molecule has 0 amide bonds. The van der Waals surface area contributed by atoms with Crippen molar-refractivity contribution in [2.24, 2.45) is 12.2 Å². The van der Waals surface area contributed by atoms with Gasteiger partial charge in [-0.05, 0) is 17.0 Å². The van der Waals surface area contributed by atoms with Crippen molar-refractivity contribution in [1.29, 1.82) is 0 Å². The molecule has 2 aromatic rings. The maximum atomic E-state index is 11.2. The lowest BCUT2D eigenvalue weighted by Gasteiger charge is -2.20. The molecular formula is C12H18N4O2S. The first kappa shape index (κ1) is 13.8. The maximum Gasteiger partial charge on any atom is 0.297 e. The number of nitrogens with zero attached hydrogens (tertiary/aromatic N) is 2. The summed E-state index contributed by atoms with van der Waals surface area (Å²) >= 11 is 0. The van der Waals surface area contributed by atoms with Crippen LogP contribution in [-0.2, 0) is 22.7 Å². The largest absolute Gasteiger partial charge is 0.297 e. The van der Waals surface area contributed by atoms with E-state index in [1.165, 1.54) is 0 Å². The van der Waals surface area contributed by atoms with Gasteiger partial charge in [-0.25, -0.2) is 5.14 Å². The number of benzene rings is 1. The molecule has 0 unspecified atom stereocenters. The quantitative estimate of drug-likeness (QED) is 0.874. The topological polar surface area (TPSA) is 90.0 Å². The van der Waals surface area contributed by atoms with Crippen molar-refractivity contribution in [2.75, 3.05) is 4.72 Å². The Morgan fingerprint density at radius 3 is 2.47 bits per heavy atom. The summed E-state index contributed by atoms with van der Waals surface area (Å²) in [6.45, 7) is 6.30. The van der Waals surface area contributed by atoms with Crippen LogP contribution in [0.15, 0.2) is 18.2 Å². The van der Waals surface area contributed by atoms with Gasteiger partial charge in [-0.1, -0.05) is 32.9 Å². The summed E-state index contributed by atoms with van der Waals surface area (Å²) in [5.74, 6) is 0.256. The number of nitrogens with one attached hydrogen (secondary N) is 1. The highest BCUT2D eigenvalue weighted by molar-refractivity contribution is 7.90. The first-order chi connectivity index (χ1) is 8.59. The predicted molar refractivity (Wildman–Crippen MR) is 76.1 cm³/mol. The molecule has 0 fully saturated rings. The zero-order chi connectivity index (χ0) is 14.4. The smallest absolute Gasteiger partial charge is 0.265 e. The fourth-order valence-electron chi connectivity index (χ4n) is 2.15. The molecule has 0 spiro atoms. The van der Waals surface area contributed by atoms with Gasteiger partial charge in [0.25, 0.3) is 10.2 Å². The molecule has 1 heterocycles. The van der Waals surface area contributed by atoms with Crippen LogP contribution in [0.4, 0.5) is 5.82 Å². The molecule has 0 radical (unpaired) electrons. The van der Waals surface area contributed by atoms with Gasteiger partial charge in [0.15, 0.2) is 5.82 Å². The highest BCUT2D eigenvalue weighted by atomic mass is 32.2. The highest BCUT2D eigenvalue weighted by Crippen LogP contribution is 2.32. The molecule has 0 aliphatic heterocycles. The second-order valence-electron chi connectivity index (χ2n) is 5.57. The van der Waals surface area contributed by atoms with Crippen LogP contribution >= 0.6 is 0 Å². The van der Waals surface area contributed by atoms with Gasteiger partial charge < -0.3 is 0 Å². The minimum atomic E-state index is -3.83. The molecular weight excluding hydrogens is 264 g/mol. The first-order valence-electron chi connectivity index (χ1n) is 5.86. The molecule has 7 heteroatoms. The first-order valence-corrected chi connectivity index (χ1v) is 7.41. The number of hydrogen-bond acceptors (Lipinski definition) is 3. The van der Waals surface area contributed by atoms with Crippen molar-refractivity contribution in [3.63, 3.8) is 0 Å². The van der Waals surface area contributed by atoms with Crippen LogP contribution in [-0.4, -0.2) is 18.2 Å². The molecule has 6 nitrogen and oxygen atoms in total. The van der Waals surface area contributed by atoms with Gasteiger partial charge in [0.05, 0.1) is 5.52 Å². The van der Waals surface area contributed by atoms with Crippen molar-refractivity contribution < 1.29 is 8.42 Å². The Kier molecular flexibility index (Phi) is 3.06. The van der Waals surface area contributed by atoms with Crippen LogP contribution in [0.5, 0.6) is 0 Å². The lowest BCUT2D eigenvalue weighted by Crippen LogP contribution is -2.22. The van der Waals surface area contributed by atoms with Crippen molar-refractivity contribution in [3.05, 3.63) is 23.8 Å². The molecule has 1 aromatic heterocycles. The summed E-state index contributed by atoms with van der Waals surface area (Å²) in [6.07, 6.45) is 0. The van der Waals surface area contributed by atoms with Crippen LogP contribution in [0.3, 0.4) is 0 Å². The molecule has 0 saturated heterocycles. The molecule has 19 heavy (non-hydrogen) atoms. The molecule has 0 atom stereocenters. The number of aromatic nitrogens is 2. The second-order valence-corrected chi connectivity index (χ2v) is 6.87. The van der Waals surface area contributed by atoms with Gasteiger partial charge >= 0.3 is 0 Å². The lowest BCUT2D eigenvalue weighted by atomic mass is 9.86. The molecule has 0 aliphatic carbocycles. The minimum absolute atomic E-state index is 0.0633. The number of rotatable bonds is 2. The average Bonchev–Trinajstić information content (AvgIpc) is 2.52. The van der Waals surface area contributed by atoms with E-state index in [4.69, 9.17) is 5.14 Å². The number of nitrogens with two attached hydrogens (primary N) is 1. The van der Waals surface area contributed by atoms with Crippen LogP contribution in [0.25, 0.3) is 10.9 Å². The summed E-state index contributed by atoms with van der Waals surface area (Å²) in [6, 6.07) is 5.73. The third-order valence-electron chi connectivity index (χ3n) is 2.91. The molecule has 3 N–H and O–H groups in total. The zero-order valence-electron chi connectivity index (χ0n) is 11.4. The third kappa shape index (κ3) is 2.71. The SMILES string of the molecule is Cn1nc(NS(N)(=O)=O)c2cccc(C(C)(C)C)c21. The second kappa shape index (κ2) is 4.21. The van der Waals surface area contributed by atoms with Crippen molar-refractivity contribution in [3.8, 4) is 0 Å². The molecule has 0 bridgehead atoms. The summed E-state index contributed by atoms with van der Waals surface area (Å²) < 4.78 is 26.2. The van der Waals surface area contributed by atoms with E-state index in [9.17, 15) is 8.42 Å². The fourth-order valence-corrected chi connectivity index (χ4v) is 2.57. The molecule has 0 aliphatic rings. The van der Waals surface area contributed by atoms with E-state index in [-0.39, 0.29) is 11.2 Å². The fraction of sp³-hybridized carbons (Fsp3) is 0.417. The van der Waals surface area contributed by atoms with Crippen LogP contribution < -0.4 is 9.86 Å². The Hall–Kier alpha value is -1.60. The normalized spacial score (nSPS) is 12.9. The minimum Gasteiger partial charge on any atom is -0.265 e. The van der Waals surface area contributed by atoms with E-state index in [0.29, 0.717) is 0 Å². The Bertz CT molecular complexity index is 726. The Balaban J connectivity index is 2.74. The lowest BCUT2D eigenvalue weighted by molar-refractivity contribution is 0.590. The number of aryl methyl sites for hydroxylation is 1. The summed E-state index contributed by atoms with van der Waals surface area (Å²) in [5.41, 5.74) is 1.94. The van der Waals surface area contributed by atoms with Gasteiger partial charge in [0.2, 0.25) is 0 Å². The summed E-state index contributed by atoms with van der Waals surface area (Å²) in [7, 11) is -2.05. The van der Waals surface area contributed by atoms with Crippen LogP contribution in [0, 0.1) is 0 Å². The van der Waals surface area contributed by atoms with E-state index >= 15 is 0 Å². The number of fused-ring (bicyclic) bond motifs is 1. The predicted octanol–water partition coefficient (Wildman–Crippen LogP) is 1.49. The van der Waals surface area contributed by atoms with E-state index in [1.807, 2.05) is 18.2 Å². The monoisotopic (exact) mass is 282 g/mol. The molecule has 0 saturated carbocycles. The standard InChI is InChI=1S/C12H18N4O2S/c1-12(2,3)9-7-5-6-8-10(9)16(4)14-11(8)15-19(13,17)18/h5-7H,1-4H3,(H,14,15)(H2,13,17,18). The molecule has 104 valence electrons. The maximum absolute atomic E-state index is 11.2. The number of para-hydroxylation sites is 1. The van der Waals surface area contributed by atoms with E-state index in [2.05, 4.69) is 30.6 Å². The van der Waals surface area contributed by atoms with Crippen molar-refractivity contribution in [1.82, 2.24) is 9.78 Å². The molecule has 2 rings (SSSR count). The zero-order valence-corrected chi connectivity index (χ0v) is 12.2. The third-order valence-corrected chi connectivity index (χ3v) is 3.39. The van der Waals surface area contributed by atoms with Crippen molar-refractivity contribution in [2.45, 2.75) is 26.2 Å². The van der Waals surface area contributed by atoms with Gasteiger partial charge in [0, 0.05) is 12.4 Å². The van der Waals surface area contributed by atoms with Gasteiger partial charge in [0.1, 0.15) is 0 Å². The van der Waals surface area contributed by atoms with E-state index < -0.39 is 10.2 Å². The molecule has 1 aromatic carbocycles. The average molecular weight is 282 g/mol. The van der Waals surface area contributed by atoms with Crippen LogP contribution in [0.1, 0.15) is 26.3 Å². The highest BCUT2D eigenvalue weighted by Gasteiger charge is 2.21. The Morgan fingerprint density at radius 1 is 1.32 bits per heavy atom. The summed E-state index contributed by atoms with van der Waals surface area (Å²) in [5, 5.41) is 9.94.